The van der Waals surface area contributed by atoms with E-state index in [1.807, 2.05) is 56.0 Å². The maximum atomic E-state index is 12.3. The zero-order chi connectivity index (χ0) is 15.0. The second-order valence-corrected chi connectivity index (χ2v) is 5.36. The van der Waals surface area contributed by atoms with E-state index in [1.165, 1.54) is 0 Å². The second kappa shape index (κ2) is 5.16. The number of nitrogens with zero attached hydrogens (tertiary/aromatic N) is 4. The van der Waals surface area contributed by atoms with Crippen molar-refractivity contribution in [3.63, 3.8) is 0 Å². The summed E-state index contributed by atoms with van der Waals surface area (Å²) in [7, 11) is 1.89. The number of pyridine rings is 1. The summed E-state index contributed by atoms with van der Waals surface area (Å²) in [5, 5.41) is 4.18. The average Bonchev–Trinajstić information content (AvgIpc) is 3.11. The number of rotatable bonds is 4. The Hall–Kier alpha value is -2.43. The molecule has 0 spiro atoms. The standard InChI is InChI=1S/C16H18N4O/c1-4-11(2)16(21)14-9-17-15-7-12(5-6-20(14)15)13-8-18-19(3)10-13/h5-11H,4H2,1-3H3. The van der Waals surface area contributed by atoms with Gasteiger partial charge < -0.3 is 0 Å². The van der Waals surface area contributed by atoms with E-state index in [0.29, 0.717) is 5.69 Å². The SMILES string of the molecule is CCC(C)C(=O)c1cnc2cc(-c3cnn(C)c3)ccn12. The number of hydrogen-bond acceptors (Lipinski definition) is 3. The quantitative estimate of drug-likeness (QED) is 0.691. The Labute approximate surface area is 123 Å². The summed E-state index contributed by atoms with van der Waals surface area (Å²) in [5.41, 5.74) is 3.52. The average molecular weight is 282 g/mol. The van der Waals surface area contributed by atoms with Crippen LogP contribution < -0.4 is 0 Å². The van der Waals surface area contributed by atoms with Crippen LogP contribution in [0.4, 0.5) is 0 Å². The lowest BCUT2D eigenvalue weighted by atomic mass is 10.0. The highest BCUT2D eigenvalue weighted by Crippen LogP contribution is 2.21. The van der Waals surface area contributed by atoms with Crippen molar-refractivity contribution in [2.45, 2.75) is 20.3 Å². The fourth-order valence-electron chi connectivity index (χ4n) is 2.35. The van der Waals surface area contributed by atoms with Crippen LogP contribution in [-0.4, -0.2) is 24.9 Å². The first-order valence-corrected chi connectivity index (χ1v) is 7.10. The van der Waals surface area contributed by atoms with Crippen LogP contribution in [0.5, 0.6) is 0 Å². The summed E-state index contributed by atoms with van der Waals surface area (Å²) < 4.78 is 3.62. The summed E-state index contributed by atoms with van der Waals surface area (Å²) in [4.78, 5) is 16.7. The molecule has 0 aliphatic rings. The first-order chi connectivity index (χ1) is 10.1. The van der Waals surface area contributed by atoms with Crippen molar-refractivity contribution >= 4 is 11.4 Å². The highest BCUT2D eigenvalue weighted by Gasteiger charge is 2.17. The van der Waals surface area contributed by atoms with Crippen molar-refractivity contribution < 1.29 is 4.79 Å². The lowest BCUT2D eigenvalue weighted by molar-refractivity contribution is 0.0921. The van der Waals surface area contributed by atoms with Crippen LogP contribution in [0.2, 0.25) is 0 Å². The fourth-order valence-corrected chi connectivity index (χ4v) is 2.35. The molecular formula is C16H18N4O. The molecule has 1 unspecified atom stereocenters. The molecule has 0 aliphatic heterocycles. The van der Waals surface area contributed by atoms with Crippen LogP contribution in [0.25, 0.3) is 16.8 Å². The van der Waals surface area contributed by atoms with Gasteiger partial charge in [0.1, 0.15) is 11.3 Å². The van der Waals surface area contributed by atoms with E-state index in [0.717, 1.165) is 23.2 Å². The Balaban J connectivity index is 2.03. The van der Waals surface area contributed by atoms with E-state index in [9.17, 15) is 4.79 Å². The molecule has 3 rings (SSSR count). The topological polar surface area (TPSA) is 52.2 Å². The van der Waals surface area contributed by atoms with E-state index in [-0.39, 0.29) is 11.7 Å². The van der Waals surface area contributed by atoms with Crippen LogP contribution >= 0.6 is 0 Å². The Morgan fingerprint density at radius 1 is 1.33 bits per heavy atom. The van der Waals surface area contributed by atoms with E-state index in [4.69, 9.17) is 0 Å². The van der Waals surface area contributed by atoms with Crippen LogP contribution in [-0.2, 0) is 7.05 Å². The molecule has 1 atom stereocenters. The molecule has 0 radical (unpaired) electrons. The van der Waals surface area contributed by atoms with Crippen LogP contribution in [0, 0.1) is 5.92 Å². The molecule has 0 amide bonds. The minimum absolute atomic E-state index is 0.0166. The Bertz CT molecular complexity index is 800. The van der Waals surface area contributed by atoms with Crippen molar-refractivity contribution in [1.82, 2.24) is 19.2 Å². The maximum absolute atomic E-state index is 12.3. The molecule has 0 saturated carbocycles. The van der Waals surface area contributed by atoms with Crippen LogP contribution in [0.1, 0.15) is 30.8 Å². The molecule has 0 aromatic carbocycles. The molecule has 0 N–H and O–H groups in total. The Kier molecular flexibility index (Phi) is 3.33. The lowest BCUT2D eigenvalue weighted by Gasteiger charge is -2.07. The van der Waals surface area contributed by atoms with Gasteiger partial charge in [-0.05, 0) is 24.1 Å². The number of aryl methyl sites for hydroxylation is 1. The van der Waals surface area contributed by atoms with Crippen molar-refractivity contribution in [1.29, 1.82) is 0 Å². The predicted octanol–water partition coefficient (Wildman–Crippen LogP) is 2.96. The maximum Gasteiger partial charge on any atom is 0.183 e. The Morgan fingerprint density at radius 3 is 2.81 bits per heavy atom. The zero-order valence-corrected chi connectivity index (χ0v) is 12.4. The van der Waals surface area contributed by atoms with Crippen LogP contribution in [0.15, 0.2) is 36.9 Å². The van der Waals surface area contributed by atoms with Gasteiger partial charge in [-0.1, -0.05) is 13.8 Å². The fraction of sp³-hybridized carbons (Fsp3) is 0.312. The highest BCUT2D eigenvalue weighted by atomic mass is 16.1. The minimum Gasteiger partial charge on any atom is -0.297 e. The highest BCUT2D eigenvalue weighted by molar-refractivity contribution is 5.96. The minimum atomic E-state index is 0.0166. The first kappa shape index (κ1) is 13.5. The van der Waals surface area contributed by atoms with Gasteiger partial charge >= 0.3 is 0 Å². The summed E-state index contributed by atoms with van der Waals surface area (Å²) in [5.74, 6) is 0.155. The third kappa shape index (κ3) is 2.35. The molecule has 5 heteroatoms. The van der Waals surface area contributed by atoms with Crippen molar-refractivity contribution in [2.24, 2.45) is 13.0 Å². The van der Waals surface area contributed by atoms with Crippen LogP contribution in [0.3, 0.4) is 0 Å². The van der Waals surface area contributed by atoms with Gasteiger partial charge in [0.2, 0.25) is 0 Å². The molecule has 108 valence electrons. The molecule has 3 aromatic heterocycles. The van der Waals surface area contributed by atoms with Gasteiger partial charge in [0.05, 0.1) is 12.4 Å². The number of aromatic nitrogens is 4. The predicted molar refractivity (Wildman–Crippen MR) is 81.2 cm³/mol. The van der Waals surface area contributed by atoms with Crippen molar-refractivity contribution in [2.75, 3.05) is 0 Å². The van der Waals surface area contributed by atoms with Gasteiger partial charge in [0, 0.05) is 30.9 Å². The van der Waals surface area contributed by atoms with E-state index >= 15 is 0 Å². The number of imidazole rings is 1. The number of hydrogen-bond donors (Lipinski definition) is 0. The van der Waals surface area contributed by atoms with Crippen molar-refractivity contribution in [3.8, 4) is 11.1 Å². The van der Waals surface area contributed by atoms with Gasteiger partial charge in [0.15, 0.2) is 5.78 Å². The molecule has 0 fully saturated rings. The van der Waals surface area contributed by atoms with E-state index < -0.39 is 0 Å². The molecule has 0 aliphatic carbocycles. The van der Waals surface area contributed by atoms with Gasteiger partial charge in [-0.3, -0.25) is 13.9 Å². The molecule has 21 heavy (non-hydrogen) atoms. The molecule has 3 heterocycles. The molecule has 0 bridgehead atoms. The lowest BCUT2D eigenvalue weighted by Crippen LogP contribution is -2.12. The van der Waals surface area contributed by atoms with Gasteiger partial charge in [-0.15, -0.1) is 0 Å². The number of ketones is 1. The summed E-state index contributed by atoms with van der Waals surface area (Å²) in [6, 6.07) is 3.96. The number of carbonyl (C=O) groups excluding carboxylic acids is 1. The molecular weight excluding hydrogens is 264 g/mol. The van der Waals surface area contributed by atoms with Gasteiger partial charge in [-0.25, -0.2) is 4.98 Å². The third-order valence-electron chi connectivity index (χ3n) is 3.86. The third-order valence-corrected chi connectivity index (χ3v) is 3.86. The van der Waals surface area contributed by atoms with Gasteiger partial charge in [0.25, 0.3) is 0 Å². The smallest absolute Gasteiger partial charge is 0.183 e. The zero-order valence-electron chi connectivity index (χ0n) is 12.4. The molecule has 3 aromatic rings. The summed E-state index contributed by atoms with van der Waals surface area (Å²) in [6.45, 7) is 3.97. The number of Topliss-reactive ketones (excluding diaryl/α,β-unsaturated/α-hetero) is 1. The van der Waals surface area contributed by atoms with Gasteiger partial charge in [-0.2, -0.15) is 5.10 Å². The monoisotopic (exact) mass is 282 g/mol. The molecule has 0 saturated heterocycles. The molecule has 5 nitrogen and oxygen atoms in total. The first-order valence-electron chi connectivity index (χ1n) is 7.10. The Morgan fingerprint density at radius 2 is 2.14 bits per heavy atom. The number of fused-ring (bicyclic) bond motifs is 1. The number of carbonyl (C=O) groups is 1. The van der Waals surface area contributed by atoms with E-state index in [1.54, 1.807) is 10.9 Å². The summed E-state index contributed by atoms with van der Waals surface area (Å²) in [6.07, 6.45) is 8.18. The normalized spacial score (nSPS) is 12.7. The van der Waals surface area contributed by atoms with E-state index in [2.05, 4.69) is 10.1 Å². The largest absolute Gasteiger partial charge is 0.297 e. The summed E-state index contributed by atoms with van der Waals surface area (Å²) >= 11 is 0. The van der Waals surface area contributed by atoms with Crippen molar-refractivity contribution in [3.05, 3.63) is 42.6 Å². The second-order valence-electron chi connectivity index (χ2n) is 5.36.